The van der Waals surface area contributed by atoms with Gasteiger partial charge in [0.2, 0.25) is 0 Å². The number of hydrogen-bond donors (Lipinski definition) is 1. The number of carbonyl (C=O) groups is 2. The predicted octanol–water partition coefficient (Wildman–Crippen LogP) is 3.18. The largest absolute Gasteiger partial charge is 0.466 e. The minimum Gasteiger partial charge on any atom is -0.466 e. The normalized spacial score (nSPS) is 10.1. The van der Waals surface area contributed by atoms with E-state index in [1.54, 1.807) is 37.3 Å². The summed E-state index contributed by atoms with van der Waals surface area (Å²) in [6.45, 7) is 2.09. The van der Waals surface area contributed by atoms with Crippen molar-refractivity contribution in [3.63, 3.8) is 0 Å². The van der Waals surface area contributed by atoms with Gasteiger partial charge >= 0.3 is 5.97 Å². The van der Waals surface area contributed by atoms with Crippen LogP contribution in [0.4, 0.5) is 10.1 Å². The zero-order valence-electron chi connectivity index (χ0n) is 12.1. The zero-order chi connectivity index (χ0) is 15.9. The molecule has 0 heterocycles. The van der Waals surface area contributed by atoms with Crippen molar-refractivity contribution >= 4 is 17.6 Å². The van der Waals surface area contributed by atoms with Gasteiger partial charge in [-0.3, -0.25) is 9.59 Å². The van der Waals surface area contributed by atoms with Crippen molar-refractivity contribution in [3.05, 3.63) is 65.5 Å². The lowest BCUT2D eigenvalue weighted by molar-refractivity contribution is -0.142. The summed E-state index contributed by atoms with van der Waals surface area (Å²) in [5.41, 5.74) is 1.29. The van der Waals surface area contributed by atoms with Crippen LogP contribution in [0.5, 0.6) is 0 Å². The smallest absolute Gasteiger partial charge is 0.310 e. The van der Waals surface area contributed by atoms with Gasteiger partial charge in [0.25, 0.3) is 5.91 Å². The minimum atomic E-state index is -0.570. The van der Waals surface area contributed by atoms with Crippen molar-refractivity contribution in [3.8, 4) is 0 Å². The molecule has 0 radical (unpaired) electrons. The van der Waals surface area contributed by atoms with E-state index in [-0.39, 0.29) is 18.0 Å². The van der Waals surface area contributed by atoms with Crippen molar-refractivity contribution < 1.29 is 18.7 Å². The number of anilines is 1. The second-order valence-corrected chi connectivity index (χ2v) is 4.61. The van der Waals surface area contributed by atoms with Crippen molar-refractivity contribution in [2.45, 2.75) is 13.3 Å². The van der Waals surface area contributed by atoms with Crippen LogP contribution in [-0.2, 0) is 16.0 Å². The van der Waals surface area contributed by atoms with Crippen LogP contribution in [-0.4, -0.2) is 18.5 Å². The molecule has 0 aliphatic rings. The Hall–Kier alpha value is -2.69. The SMILES string of the molecule is CCOC(=O)Cc1ccc(NC(=O)c2ccccc2F)cc1. The summed E-state index contributed by atoms with van der Waals surface area (Å²) in [6, 6.07) is 12.5. The lowest BCUT2D eigenvalue weighted by Gasteiger charge is -2.07. The summed E-state index contributed by atoms with van der Waals surface area (Å²) >= 11 is 0. The van der Waals surface area contributed by atoms with Crippen LogP contribution >= 0.6 is 0 Å². The molecule has 0 saturated carbocycles. The molecule has 0 fully saturated rings. The maximum atomic E-state index is 13.5. The molecule has 2 aromatic carbocycles. The lowest BCUT2D eigenvalue weighted by Crippen LogP contribution is -2.13. The van der Waals surface area contributed by atoms with E-state index in [1.807, 2.05) is 0 Å². The molecule has 4 nitrogen and oxygen atoms in total. The van der Waals surface area contributed by atoms with Gasteiger partial charge in [-0.15, -0.1) is 0 Å². The highest BCUT2D eigenvalue weighted by molar-refractivity contribution is 6.04. The van der Waals surface area contributed by atoms with Gasteiger partial charge in [-0.2, -0.15) is 0 Å². The standard InChI is InChI=1S/C17H16FNO3/c1-2-22-16(20)11-12-7-9-13(10-8-12)19-17(21)14-5-3-4-6-15(14)18/h3-10H,2,11H2,1H3,(H,19,21). The Kier molecular flexibility index (Phi) is 5.25. The zero-order valence-corrected chi connectivity index (χ0v) is 12.1. The average molecular weight is 301 g/mol. The first kappa shape index (κ1) is 15.7. The number of amides is 1. The van der Waals surface area contributed by atoms with Crippen LogP contribution in [0.2, 0.25) is 0 Å². The molecule has 0 spiro atoms. The highest BCUT2D eigenvalue weighted by atomic mass is 19.1. The molecule has 1 amide bonds. The maximum absolute atomic E-state index is 13.5. The highest BCUT2D eigenvalue weighted by Gasteiger charge is 2.11. The van der Waals surface area contributed by atoms with E-state index in [9.17, 15) is 14.0 Å². The van der Waals surface area contributed by atoms with Crippen LogP contribution in [0.25, 0.3) is 0 Å². The summed E-state index contributed by atoms with van der Waals surface area (Å²) in [5, 5.41) is 2.61. The highest BCUT2D eigenvalue weighted by Crippen LogP contribution is 2.13. The molecular formula is C17H16FNO3. The average Bonchev–Trinajstić information content (AvgIpc) is 2.50. The van der Waals surface area contributed by atoms with E-state index >= 15 is 0 Å². The molecule has 1 N–H and O–H groups in total. The summed E-state index contributed by atoms with van der Waals surface area (Å²) in [4.78, 5) is 23.3. The van der Waals surface area contributed by atoms with Gasteiger partial charge in [0.05, 0.1) is 18.6 Å². The van der Waals surface area contributed by atoms with Crippen molar-refractivity contribution in [2.75, 3.05) is 11.9 Å². The molecule has 0 atom stereocenters. The Balaban J connectivity index is 2.01. The first-order chi connectivity index (χ1) is 10.6. The number of hydrogen-bond acceptors (Lipinski definition) is 3. The van der Waals surface area contributed by atoms with Gasteiger partial charge < -0.3 is 10.1 Å². The fourth-order valence-electron chi connectivity index (χ4n) is 1.93. The Labute approximate surface area is 127 Å². The summed E-state index contributed by atoms with van der Waals surface area (Å²) in [6.07, 6.45) is 0.176. The van der Waals surface area contributed by atoms with Gasteiger partial charge in [0, 0.05) is 5.69 Å². The van der Waals surface area contributed by atoms with Gasteiger partial charge in [0.15, 0.2) is 0 Å². The van der Waals surface area contributed by atoms with Crippen LogP contribution in [0.3, 0.4) is 0 Å². The Morgan fingerprint density at radius 2 is 1.77 bits per heavy atom. The van der Waals surface area contributed by atoms with Crippen molar-refractivity contribution in [1.82, 2.24) is 0 Å². The van der Waals surface area contributed by atoms with Crippen LogP contribution < -0.4 is 5.32 Å². The minimum absolute atomic E-state index is 0.0156. The second kappa shape index (κ2) is 7.36. The summed E-state index contributed by atoms with van der Waals surface area (Å²) in [7, 11) is 0. The summed E-state index contributed by atoms with van der Waals surface area (Å²) in [5.74, 6) is -1.39. The first-order valence-electron chi connectivity index (χ1n) is 6.90. The number of benzene rings is 2. The third-order valence-electron chi connectivity index (χ3n) is 2.98. The van der Waals surface area contributed by atoms with E-state index < -0.39 is 11.7 Å². The number of rotatable bonds is 5. The fraction of sp³-hybridized carbons (Fsp3) is 0.176. The first-order valence-corrected chi connectivity index (χ1v) is 6.90. The second-order valence-electron chi connectivity index (χ2n) is 4.61. The molecule has 114 valence electrons. The van der Waals surface area contributed by atoms with E-state index in [2.05, 4.69) is 5.32 Å². The van der Waals surface area contributed by atoms with Crippen LogP contribution in [0.15, 0.2) is 48.5 Å². The van der Waals surface area contributed by atoms with Crippen molar-refractivity contribution in [1.29, 1.82) is 0 Å². The number of nitrogens with one attached hydrogen (secondary N) is 1. The predicted molar refractivity (Wildman–Crippen MR) is 81.1 cm³/mol. The monoisotopic (exact) mass is 301 g/mol. The van der Waals surface area contributed by atoms with Gasteiger partial charge in [0.1, 0.15) is 5.82 Å². The molecule has 2 aromatic rings. The van der Waals surface area contributed by atoms with E-state index in [0.717, 1.165) is 5.56 Å². The van der Waals surface area contributed by atoms with Gasteiger partial charge in [-0.1, -0.05) is 24.3 Å². The summed E-state index contributed by atoms with van der Waals surface area (Å²) < 4.78 is 18.4. The van der Waals surface area contributed by atoms with Gasteiger partial charge in [-0.05, 0) is 36.8 Å². The van der Waals surface area contributed by atoms with E-state index in [4.69, 9.17) is 4.74 Å². The Morgan fingerprint density at radius 3 is 2.41 bits per heavy atom. The van der Waals surface area contributed by atoms with E-state index in [1.165, 1.54) is 18.2 Å². The Morgan fingerprint density at radius 1 is 1.09 bits per heavy atom. The third-order valence-corrected chi connectivity index (χ3v) is 2.98. The molecule has 0 aliphatic heterocycles. The quantitative estimate of drug-likeness (QED) is 0.863. The topological polar surface area (TPSA) is 55.4 Å². The Bertz CT molecular complexity index is 668. The van der Waals surface area contributed by atoms with Crippen LogP contribution in [0, 0.1) is 5.82 Å². The molecule has 0 aromatic heterocycles. The third kappa shape index (κ3) is 4.15. The molecule has 0 unspecified atom stereocenters. The number of carbonyl (C=O) groups excluding carboxylic acids is 2. The number of halogens is 1. The molecule has 0 bridgehead atoms. The lowest BCUT2D eigenvalue weighted by atomic mass is 10.1. The van der Waals surface area contributed by atoms with Crippen molar-refractivity contribution in [2.24, 2.45) is 0 Å². The number of ether oxygens (including phenoxy) is 1. The molecule has 5 heteroatoms. The molecular weight excluding hydrogens is 285 g/mol. The molecule has 0 aliphatic carbocycles. The molecule has 0 saturated heterocycles. The van der Waals surface area contributed by atoms with Crippen LogP contribution in [0.1, 0.15) is 22.8 Å². The maximum Gasteiger partial charge on any atom is 0.310 e. The van der Waals surface area contributed by atoms with E-state index in [0.29, 0.717) is 12.3 Å². The molecule has 22 heavy (non-hydrogen) atoms. The molecule has 2 rings (SSSR count). The van der Waals surface area contributed by atoms with Gasteiger partial charge in [-0.25, -0.2) is 4.39 Å². The number of esters is 1. The fourth-order valence-corrected chi connectivity index (χ4v) is 1.93.